The van der Waals surface area contributed by atoms with Crippen molar-refractivity contribution in [2.45, 2.75) is 6.54 Å². The van der Waals surface area contributed by atoms with Gasteiger partial charge < -0.3 is 13.8 Å². The summed E-state index contributed by atoms with van der Waals surface area (Å²) in [5, 5.41) is 8.53. The molecule has 9 heteroatoms. The first kappa shape index (κ1) is 19.3. The van der Waals surface area contributed by atoms with Crippen LogP contribution in [0.15, 0.2) is 80.8 Å². The van der Waals surface area contributed by atoms with Crippen molar-refractivity contribution < 1.29 is 9.26 Å². The summed E-state index contributed by atoms with van der Waals surface area (Å²) < 4.78 is 14.7. The number of halogens is 1. The van der Waals surface area contributed by atoms with E-state index >= 15 is 0 Å². The molecule has 0 saturated heterocycles. The summed E-state index contributed by atoms with van der Waals surface area (Å²) in [5.74, 6) is 1.54. The summed E-state index contributed by atoms with van der Waals surface area (Å²) in [6.07, 6.45) is 3.38. The van der Waals surface area contributed by atoms with Gasteiger partial charge in [-0.05, 0) is 42.5 Å². The van der Waals surface area contributed by atoms with E-state index in [0.29, 0.717) is 22.9 Å². The largest absolute Gasteiger partial charge is 0.497 e. The molecule has 8 nitrogen and oxygen atoms in total. The van der Waals surface area contributed by atoms with E-state index in [1.54, 1.807) is 30.1 Å². The number of hydrogen-bond acceptors (Lipinski definition) is 6. The van der Waals surface area contributed by atoms with Gasteiger partial charge in [0, 0.05) is 28.0 Å². The first-order chi connectivity index (χ1) is 15.1. The Morgan fingerprint density at radius 2 is 1.90 bits per heavy atom. The zero-order chi connectivity index (χ0) is 21.4. The number of fused-ring (bicyclic) bond motifs is 1. The molecule has 3 aromatic heterocycles. The van der Waals surface area contributed by atoms with Crippen LogP contribution in [0.5, 0.6) is 5.75 Å². The molecule has 0 aliphatic rings. The first-order valence-corrected chi connectivity index (χ1v) is 10.2. The Kier molecular flexibility index (Phi) is 4.87. The van der Waals surface area contributed by atoms with Crippen LogP contribution in [0.1, 0.15) is 5.89 Å². The van der Waals surface area contributed by atoms with Crippen LogP contribution in [0.4, 0.5) is 0 Å². The van der Waals surface area contributed by atoms with E-state index in [-0.39, 0.29) is 12.1 Å². The van der Waals surface area contributed by atoms with Crippen LogP contribution >= 0.6 is 15.9 Å². The molecule has 5 rings (SSSR count). The van der Waals surface area contributed by atoms with Crippen LogP contribution in [-0.4, -0.2) is 31.4 Å². The van der Waals surface area contributed by atoms with Crippen molar-refractivity contribution in [3.8, 4) is 28.4 Å². The third-order valence-corrected chi connectivity index (χ3v) is 5.37. The van der Waals surface area contributed by atoms with Gasteiger partial charge in [0.1, 0.15) is 17.8 Å². The Morgan fingerprint density at radius 1 is 1.06 bits per heavy atom. The van der Waals surface area contributed by atoms with Crippen LogP contribution in [0.25, 0.3) is 28.2 Å². The maximum absolute atomic E-state index is 13.0. The van der Waals surface area contributed by atoms with E-state index in [9.17, 15) is 4.79 Å². The van der Waals surface area contributed by atoms with Gasteiger partial charge in [-0.15, -0.1) is 0 Å². The molecule has 0 radical (unpaired) electrons. The highest BCUT2D eigenvalue weighted by molar-refractivity contribution is 9.10. The van der Waals surface area contributed by atoms with Crippen molar-refractivity contribution in [1.29, 1.82) is 0 Å². The van der Waals surface area contributed by atoms with E-state index < -0.39 is 0 Å². The van der Waals surface area contributed by atoms with Gasteiger partial charge in [0.25, 0.3) is 5.56 Å². The zero-order valence-corrected chi connectivity index (χ0v) is 18.0. The molecular weight excluding hydrogens is 462 g/mol. The highest BCUT2D eigenvalue weighted by Crippen LogP contribution is 2.23. The van der Waals surface area contributed by atoms with Crippen molar-refractivity contribution >= 4 is 21.4 Å². The van der Waals surface area contributed by atoms with Crippen molar-refractivity contribution in [3.05, 3.63) is 87.7 Å². The van der Waals surface area contributed by atoms with Crippen LogP contribution in [0, 0.1) is 0 Å². The summed E-state index contributed by atoms with van der Waals surface area (Å²) in [5.41, 5.74) is 2.63. The van der Waals surface area contributed by atoms with Gasteiger partial charge in [-0.3, -0.25) is 4.79 Å². The standard InChI is InChI=1S/C22H16BrN5O3/c1-30-17-4-2-3-15(11-17)18-12-19-22(29)27(9-10-28(19)25-18)13-20-24-21(26-31-20)14-5-7-16(23)8-6-14/h2-12H,13H2,1H3. The summed E-state index contributed by atoms with van der Waals surface area (Å²) in [6.45, 7) is 0.165. The monoisotopic (exact) mass is 477 g/mol. The van der Waals surface area contributed by atoms with Gasteiger partial charge in [-0.25, -0.2) is 4.52 Å². The molecule has 0 fully saturated rings. The maximum atomic E-state index is 13.0. The molecule has 0 N–H and O–H groups in total. The molecule has 0 atom stereocenters. The Morgan fingerprint density at radius 3 is 2.71 bits per heavy atom. The van der Waals surface area contributed by atoms with E-state index in [1.165, 1.54) is 4.57 Å². The maximum Gasteiger partial charge on any atom is 0.277 e. The van der Waals surface area contributed by atoms with E-state index in [1.807, 2.05) is 48.5 Å². The summed E-state index contributed by atoms with van der Waals surface area (Å²) >= 11 is 3.40. The number of aromatic nitrogens is 5. The van der Waals surface area contributed by atoms with Gasteiger partial charge in [0.15, 0.2) is 0 Å². The molecular formula is C22H16BrN5O3. The predicted molar refractivity (Wildman–Crippen MR) is 118 cm³/mol. The summed E-state index contributed by atoms with van der Waals surface area (Å²) in [7, 11) is 1.61. The quantitative estimate of drug-likeness (QED) is 0.379. The first-order valence-electron chi connectivity index (χ1n) is 9.42. The second kappa shape index (κ2) is 7.84. The average Bonchev–Trinajstić information content (AvgIpc) is 3.44. The highest BCUT2D eigenvalue weighted by atomic mass is 79.9. The van der Waals surface area contributed by atoms with Crippen LogP contribution in [0.2, 0.25) is 0 Å². The van der Waals surface area contributed by atoms with Gasteiger partial charge in [0.05, 0.1) is 12.8 Å². The number of methoxy groups -OCH3 is 1. The number of nitrogens with zero attached hydrogens (tertiary/aromatic N) is 5. The number of ether oxygens (including phenoxy) is 1. The van der Waals surface area contributed by atoms with Gasteiger partial charge in [-0.1, -0.05) is 33.2 Å². The third-order valence-electron chi connectivity index (χ3n) is 4.85. The lowest BCUT2D eigenvalue weighted by molar-refractivity contribution is 0.370. The fraction of sp³-hybridized carbons (Fsp3) is 0.0909. The number of rotatable bonds is 5. The topological polar surface area (TPSA) is 87.5 Å². The molecule has 3 heterocycles. The molecule has 0 amide bonds. The SMILES string of the molecule is COc1cccc(-c2cc3c(=O)n(Cc4nc(-c5ccc(Br)cc5)no4)ccn3n2)c1. The number of benzene rings is 2. The molecule has 154 valence electrons. The predicted octanol–water partition coefficient (Wildman–Crippen LogP) is 4.03. The summed E-state index contributed by atoms with van der Waals surface area (Å²) in [4.78, 5) is 17.4. The van der Waals surface area contributed by atoms with E-state index in [2.05, 4.69) is 31.2 Å². The van der Waals surface area contributed by atoms with Crippen LogP contribution in [0.3, 0.4) is 0 Å². The number of hydrogen-bond donors (Lipinski definition) is 0. The van der Waals surface area contributed by atoms with Crippen molar-refractivity contribution in [1.82, 2.24) is 24.3 Å². The van der Waals surface area contributed by atoms with Crippen molar-refractivity contribution in [3.63, 3.8) is 0 Å². The van der Waals surface area contributed by atoms with E-state index in [0.717, 1.165) is 21.3 Å². The smallest absolute Gasteiger partial charge is 0.277 e. The molecule has 5 aromatic rings. The fourth-order valence-corrected chi connectivity index (χ4v) is 3.52. The second-order valence-corrected chi connectivity index (χ2v) is 7.76. The zero-order valence-electron chi connectivity index (χ0n) is 16.4. The Bertz CT molecular complexity index is 1440. The average molecular weight is 478 g/mol. The van der Waals surface area contributed by atoms with E-state index in [4.69, 9.17) is 9.26 Å². The van der Waals surface area contributed by atoms with Crippen molar-refractivity contribution in [2.24, 2.45) is 0 Å². The molecule has 0 aliphatic carbocycles. The minimum absolute atomic E-state index is 0.165. The Balaban J connectivity index is 1.45. The lowest BCUT2D eigenvalue weighted by atomic mass is 10.1. The highest BCUT2D eigenvalue weighted by Gasteiger charge is 2.13. The lowest BCUT2D eigenvalue weighted by Crippen LogP contribution is -2.21. The lowest BCUT2D eigenvalue weighted by Gasteiger charge is -2.02. The van der Waals surface area contributed by atoms with Gasteiger partial charge >= 0.3 is 0 Å². The summed E-state index contributed by atoms with van der Waals surface area (Å²) in [6, 6.07) is 16.9. The molecule has 0 unspecified atom stereocenters. The Hall–Kier alpha value is -3.72. The normalized spacial score (nSPS) is 11.2. The van der Waals surface area contributed by atoms with Crippen LogP contribution in [-0.2, 0) is 6.54 Å². The van der Waals surface area contributed by atoms with Crippen molar-refractivity contribution in [2.75, 3.05) is 7.11 Å². The molecule has 31 heavy (non-hydrogen) atoms. The van der Waals surface area contributed by atoms with Crippen LogP contribution < -0.4 is 10.3 Å². The Labute approximate surface area is 184 Å². The molecule has 0 bridgehead atoms. The fourth-order valence-electron chi connectivity index (χ4n) is 3.26. The third kappa shape index (κ3) is 3.75. The molecule has 0 aliphatic heterocycles. The van der Waals surface area contributed by atoms with Gasteiger partial charge in [-0.2, -0.15) is 10.1 Å². The minimum Gasteiger partial charge on any atom is -0.497 e. The molecule has 0 saturated carbocycles. The second-order valence-electron chi connectivity index (χ2n) is 6.84. The molecule has 2 aromatic carbocycles. The molecule has 0 spiro atoms. The van der Waals surface area contributed by atoms with Gasteiger partial charge in [0.2, 0.25) is 11.7 Å². The minimum atomic E-state index is -0.201.